The van der Waals surface area contributed by atoms with Gasteiger partial charge in [0.15, 0.2) is 72.8 Å². The van der Waals surface area contributed by atoms with Gasteiger partial charge in [-0.3, -0.25) is 0 Å². The van der Waals surface area contributed by atoms with E-state index in [2.05, 4.69) is 144 Å². The summed E-state index contributed by atoms with van der Waals surface area (Å²) in [6.07, 6.45) is -0.0674. The summed E-state index contributed by atoms with van der Waals surface area (Å²) in [5.74, 6) is -0.469. The maximum absolute atomic E-state index is 13.1. The van der Waals surface area contributed by atoms with E-state index in [4.69, 9.17) is 37.7 Å². The summed E-state index contributed by atoms with van der Waals surface area (Å²) in [5.41, 5.74) is 2.69. The number of hydrogen-bond acceptors (Lipinski definition) is 10. The summed E-state index contributed by atoms with van der Waals surface area (Å²) >= 11 is 0. The van der Waals surface area contributed by atoms with Gasteiger partial charge in [-0.1, -0.05) is 6.58 Å². The maximum Gasteiger partial charge on any atom is 0.509 e. The summed E-state index contributed by atoms with van der Waals surface area (Å²) < 4.78 is 62.6. The zero-order valence-corrected chi connectivity index (χ0v) is 49.9. The van der Waals surface area contributed by atoms with E-state index >= 15 is 0 Å². The van der Waals surface area contributed by atoms with Crippen LogP contribution in [-0.4, -0.2) is 116 Å². The van der Waals surface area contributed by atoms with E-state index in [1.165, 1.54) is 0 Å². The van der Waals surface area contributed by atoms with Crippen LogP contribution in [0.25, 0.3) is 0 Å². The van der Waals surface area contributed by atoms with Gasteiger partial charge in [-0.25, -0.2) is 4.79 Å². The van der Waals surface area contributed by atoms with E-state index in [1.807, 2.05) is 0 Å². The lowest BCUT2D eigenvalue weighted by Crippen LogP contribution is -2.68. The molecule has 0 aromatic rings. The molecule has 0 amide bonds. The number of carbonyl (C=O) groups excluding carboxylic acids is 1. The molecule has 0 aromatic carbocycles. The molecule has 0 aliphatic heterocycles. The van der Waals surface area contributed by atoms with Gasteiger partial charge in [0.25, 0.3) is 0 Å². The molecule has 51 heavy (non-hydrogen) atoms. The largest absolute Gasteiger partial charge is 0.509 e. The molecule has 0 bridgehead atoms. The number of carbonyl (C=O) groups is 1. The van der Waals surface area contributed by atoms with Crippen molar-refractivity contribution in [2.45, 2.75) is 161 Å². The Bertz CT molecular complexity index is 1050. The SMILES string of the molecule is C=C(C)C(=O)OC[Si](O[Si](C)(C)C[SiH2]O[Si](C)(C)C)(O[Si](C)(C)C[SiH2]O[Si](C)(C)C)O[Si](C)(C)C[Si](O[Si](C)(C)C)(O[Si](C)(C)C)O[Si](C)(C)C. The highest BCUT2D eigenvalue weighted by Gasteiger charge is 2.59. The van der Waals surface area contributed by atoms with E-state index in [-0.39, 0.29) is 6.23 Å². The Morgan fingerprint density at radius 3 is 1.06 bits per heavy atom. The quantitative estimate of drug-likeness (QED) is 0.0508. The van der Waals surface area contributed by atoms with Crippen molar-refractivity contribution in [3.8, 4) is 0 Å². The van der Waals surface area contributed by atoms with E-state index in [0.717, 1.165) is 11.3 Å². The molecular formula is C29H80O10Si12. The molecule has 0 N–H and O–H groups in total. The molecule has 0 rings (SSSR count). The lowest BCUT2D eigenvalue weighted by atomic mass is 10.4. The highest BCUT2D eigenvalue weighted by atomic mass is 28.5. The first-order valence-corrected chi connectivity index (χ1v) is 51.9. The fourth-order valence-corrected chi connectivity index (χ4v) is 52.8. The molecule has 0 unspecified atom stereocenters. The third kappa shape index (κ3) is 26.1. The van der Waals surface area contributed by atoms with Gasteiger partial charge in [0, 0.05) is 11.2 Å². The van der Waals surface area contributed by atoms with Gasteiger partial charge in [0.05, 0.1) is 0 Å². The Labute approximate surface area is 329 Å². The zero-order valence-electron chi connectivity index (χ0n) is 37.0. The molecule has 0 saturated heterocycles. The fourth-order valence-electron chi connectivity index (χ4n) is 5.13. The van der Waals surface area contributed by atoms with Crippen LogP contribution in [0.3, 0.4) is 0 Å². The fraction of sp³-hybridized carbons (Fsp3) is 0.897. The number of rotatable bonds is 25. The Hall–Kier alpha value is 1.49. The molecule has 10 nitrogen and oxygen atoms in total. The van der Waals surface area contributed by atoms with Crippen molar-refractivity contribution in [3.63, 3.8) is 0 Å². The van der Waals surface area contributed by atoms with Crippen LogP contribution in [0.5, 0.6) is 0 Å². The minimum atomic E-state index is -3.73. The van der Waals surface area contributed by atoms with Crippen LogP contribution in [0.15, 0.2) is 12.2 Å². The molecule has 0 aromatic heterocycles. The van der Waals surface area contributed by atoms with Gasteiger partial charge in [-0.2, -0.15) is 0 Å². The molecule has 304 valence electrons. The van der Waals surface area contributed by atoms with Gasteiger partial charge in [0.1, 0.15) is 19.5 Å². The van der Waals surface area contributed by atoms with Crippen LogP contribution < -0.4 is 0 Å². The molecule has 0 atom stereocenters. The third-order valence-corrected chi connectivity index (χ3v) is 53.4. The molecule has 0 aliphatic rings. The van der Waals surface area contributed by atoms with Crippen LogP contribution >= 0.6 is 0 Å². The van der Waals surface area contributed by atoms with Gasteiger partial charge in [-0.05, 0) is 156 Å². The van der Waals surface area contributed by atoms with Crippen molar-refractivity contribution >= 4 is 110 Å². The average Bonchev–Trinajstić information content (AvgIpc) is 2.74. The minimum absolute atomic E-state index is 0.0674. The standard InChI is InChI=1S/C29H80O10Si12/c1-28(2)29(30)31-24-50(37-47(18,19)25-40-32-42(3,4)5,38-48(20,21)26-41-33-43(6,7)8)39-49(22,23)27-51(34-44(9,10)11,35-45(12,13)14)36-46(15,16)17/h1,24-27,40-41H2,2-23H3. The van der Waals surface area contributed by atoms with E-state index in [9.17, 15) is 4.79 Å². The summed E-state index contributed by atoms with van der Waals surface area (Å²) in [7, 11) is -26.2. The van der Waals surface area contributed by atoms with Crippen LogP contribution in [0.2, 0.25) is 154 Å². The number of esters is 1. The third-order valence-electron chi connectivity index (χ3n) is 6.53. The summed E-state index contributed by atoms with van der Waals surface area (Å²) in [5, 5.41) is 0. The molecular weight excluding hydrogens is 845 g/mol. The second-order valence-electron chi connectivity index (χ2n) is 20.5. The lowest BCUT2D eigenvalue weighted by molar-refractivity contribution is -0.138. The maximum atomic E-state index is 13.1. The van der Waals surface area contributed by atoms with E-state index in [0.29, 0.717) is 11.2 Å². The first-order chi connectivity index (χ1) is 22.2. The molecule has 0 fully saturated rings. The monoisotopic (exact) mass is 924 g/mol. The highest BCUT2D eigenvalue weighted by Crippen LogP contribution is 2.36. The first-order valence-electron chi connectivity index (χ1n) is 18.5. The predicted octanol–water partition coefficient (Wildman–Crippen LogP) is 8.07. The van der Waals surface area contributed by atoms with Gasteiger partial charge in [-0.15, -0.1) is 0 Å². The Kier molecular flexibility index (Phi) is 19.9. The van der Waals surface area contributed by atoms with Crippen molar-refractivity contribution in [1.29, 1.82) is 0 Å². The topological polar surface area (TPSA) is 100 Å². The second-order valence-corrected chi connectivity index (χ2v) is 68.7. The Morgan fingerprint density at radius 1 is 0.471 bits per heavy atom. The summed E-state index contributed by atoms with van der Waals surface area (Å²) in [6.45, 7) is 52.1. The summed E-state index contributed by atoms with van der Waals surface area (Å²) in [4.78, 5) is 13.1. The van der Waals surface area contributed by atoms with Crippen LogP contribution in [-0.2, 0) is 42.5 Å². The molecule has 0 aliphatic carbocycles. The molecule has 0 spiro atoms. The van der Waals surface area contributed by atoms with Crippen molar-refractivity contribution in [3.05, 3.63) is 12.2 Å². The van der Waals surface area contributed by atoms with Crippen molar-refractivity contribution in [1.82, 2.24) is 0 Å². The van der Waals surface area contributed by atoms with Gasteiger partial charge >= 0.3 is 23.6 Å². The van der Waals surface area contributed by atoms with E-state index < -0.39 is 110 Å². The molecule has 0 heterocycles. The van der Waals surface area contributed by atoms with Crippen LogP contribution in [0, 0.1) is 0 Å². The van der Waals surface area contributed by atoms with Gasteiger partial charge in [0.2, 0.25) is 0 Å². The predicted molar refractivity (Wildman–Crippen MR) is 247 cm³/mol. The van der Waals surface area contributed by atoms with Gasteiger partial charge < -0.3 is 37.7 Å². The number of hydrogen-bond donors (Lipinski definition) is 0. The normalized spacial score (nSPS) is 16.4. The summed E-state index contributed by atoms with van der Waals surface area (Å²) in [6, 6.07) is 0. The smallest absolute Gasteiger partial charge is 0.461 e. The van der Waals surface area contributed by atoms with Crippen LogP contribution in [0.1, 0.15) is 6.92 Å². The Balaban J connectivity index is 7.40. The molecule has 0 radical (unpaired) electrons. The molecule has 22 heteroatoms. The minimum Gasteiger partial charge on any atom is -0.461 e. The highest BCUT2D eigenvalue weighted by molar-refractivity contribution is 6.99. The lowest BCUT2D eigenvalue weighted by Gasteiger charge is -2.48. The van der Waals surface area contributed by atoms with E-state index in [1.54, 1.807) is 6.92 Å². The Morgan fingerprint density at radius 2 is 0.784 bits per heavy atom. The van der Waals surface area contributed by atoms with Crippen molar-refractivity contribution < 1.29 is 42.5 Å². The second kappa shape index (κ2) is 19.3. The average molecular weight is 926 g/mol. The van der Waals surface area contributed by atoms with Crippen LogP contribution in [0.4, 0.5) is 0 Å². The number of ether oxygens (including phenoxy) is 1. The first kappa shape index (κ1) is 52.5. The molecule has 0 saturated carbocycles. The van der Waals surface area contributed by atoms with Crippen molar-refractivity contribution in [2.75, 3.05) is 6.23 Å². The van der Waals surface area contributed by atoms with Crippen molar-refractivity contribution in [2.24, 2.45) is 0 Å². The zero-order chi connectivity index (χ0) is 40.8.